The van der Waals surface area contributed by atoms with Crippen LogP contribution in [0.3, 0.4) is 0 Å². The van der Waals surface area contributed by atoms with Crippen molar-refractivity contribution < 1.29 is 8.42 Å². The number of rotatable bonds is 7. The van der Waals surface area contributed by atoms with Crippen LogP contribution in [-0.4, -0.2) is 32.2 Å². The third-order valence-corrected chi connectivity index (χ3v) is 3.41. The number of sulfonamides is 1. The fourth-order valence-corrected chi connectivity index (χ4v) is 2.21. The van der Waals surface area contributed by atoms with Crippen molar-refractivity contribution in [2.45, 2.75) is 13.5 Å². The zero-order valence-corrected chi connectivity index (χ0v) is 10.1. The summed E-state index contributed by atoms with van der Waals surface area (Å²) in [6.07, 6.45) is 1.71. The molecule has 90 valence electrons. The Bertz CT molecular complexity index is 392. The van der Waals surface area contributed by atoms with Gasteiger partial charge in [0.15, 0.2) is 0 Å². The minimum atomic E-state index is -3.12. The van der Waals surface area contributed by atoms with Crippen molar-refractivity contribution in [2.24, 2.45) is 0 Å². The lowest BCUT2D eigenvalue weighted by Crippen LogP contribution is -2.31. The monoisotopic (exact) mass is 243 g/mol. The van der Waals surface area contributed by atoms with Crippen LogP contribution in [0.4, 0.5) is 0 Å². The smallest absolute Gasteiger partial charge is 0.212 e. The third kappa shape index (κ3) is 5.20. The maximum Gasteiger partial charge on any atom is 0.212 e. The molecule has 1 aromatic heterocycles. The molecule has 0 aromatic carbocycles. The highest BCUT2D eigenvalue weighted by Gasteiger charge is 2.06. The first-order valence-corrected chi connectivity index (χ1v) is 6.87. The lowest BCUT2D eigenvalue weighted by molar-refractivity contribution is 0.578. The highest BCUT2D eigenvalue weighted by atomic mass is 32.2. The van der Waals surface area contributed by atoms with Crippen LogP contribution < -0.4 is 10.0 Å². The summed E-state index contributed by atoms with van der Waals surface area (Å²) in [7, 11) is -3.12. The zero-order chi connectivity index (χ0) is 11.9. The van der Waals surface area contributed by atoms with Gasteiger partial charge < -0.3 is 5.32 Å². The molecule has 0 aliphatic rings. The fraction of sp³-hybridized carbons (Fsp3) is 0.500. The van der Waals surface area contributed by atoms with Crippen molar-refractivity contribution in [1.29, 1.82) is 0 Å². The van der Waals surface area contributed by atoms with Gasteiger partial charge in [-0.05, 0) is 12.1 Å². The van der Waals surface area contributed by atoms with E-state index in [9.17, 15) is 8.42 Å². The first-order valence-electron chi connectivity index (χ1n) is 5.22. The van der Waals surface area contributed by atoms with E-state index in [0.29, 0.717) is 19.6 Å². The highest BCUT2D eigenvalue weighted by molar-refractivity contribution is 7.89. The molecule has 0 amide bonds. The van der Waals surface area contributed by atoms with E-state index in [4.69, 9.17) is 0 Å². The maximum atomic E-state index is 11.3. The molecule has 16 heavy (non-hydrogen) atoms. The summed E-state index contributed by atoms with van der Waals surface area (Å²) in [5, 5.41) is 3.03. The van der Waals surface area contributed by atoms with Gasteiger partial charge in [0.1, 0.15) is 0 Å². The molecule has 0 aliphatic carbocycles. The minimum absolute atomic E-state index is 0.0909. The Kier molecular flexibility index (Phi) is 5.37. The van der Waals surface area contributed by atoms with Crippen LogP contribution >= 0.6 is 0 Å². The fourth-order valence-electron chi connectivity index (χ4n) is 1.22. The van der Waals surface area contributed by atoms with Crippen LogP contribution in [0, 0.1) is 0 Å². The van der Waals surface area contributed by atoms with Gasteiger partial charge in [0.25, 0.3) is 0 Å². The maximum absolute atomic E-state index is 11.3. The normalized spacial score (nSPS) is 11.6. The topological polar surface area (TPSA) is 71.1 Å². The molecular weight excluding hydrogens is 226 g/mol. The minimum Gasteiger partial charge on any atom is -0.310 e. The molecule has 0 unspecified atom stereocenters. The van der Waals surface area contributed by atoms with Gasteiger partial charge in [-0.2, -0.15) is 0 Å². The Morgan fingerprint density at radius 3 is 2.81 bits per heavy atom. The Morgan fingerprint density at radius 2 is 2.19 bits per heavy atom. The van der Waals surface area contributed by atoms with Gasteiger partial charge in [0, 0.05) is 25.8 Å². The van der Waals surface area contributed by atoms with Crippen LogP contribution in [-0.2, 0) is 16.6 Å². The number of hydrogen-bond acceptors (Lipinski definition) is 4. The molecule has 6 heteroatoms. The molecule has 0 bridgehead atoms. The first kappa shape index (κ1) is 13.1. The van der Waals surface area contributed by atoms with Gasteiger partial charge in [-0.3, -0.25) is 4.98 Å². The molecule has 0 saturated heterocycles. The standard InChI is InChI=1S/C10H17N3O2S/c1-2-13-16(14,15)8-7-11-9-10-5-3-4-6-12-10/h3-6,11,13H,2,7-9H2,1H3. The van der Waals surface area contributed by atoms with E-state index in [-0.39, 0.29) is 5.75 Å². The number of aromatic nitrogens is 1. The zero-order valence-electron chi connectivity index (χ0n) is 9.31. The van der Waals surface area contributed by atoms with E-state index in [1.165, 1.54) is 0 Å². The molecule has 0 atom stereocenters. The molecule has 1 heterocycles. The van der Waals surface area contributed by atoms with E-state index in [1.54, 1.807) is 13.1 Å². The van der Waals surface area contributed by atoms with Crippen LogP contribution in [0.25, 0.3) is 0 Å². The molecule has 1 aromatic rings. The summed E-state index contributed by atoms with van der Waals surface area (Å²) in [5.74, 6) is 0.0909. The second-order valence-electron chi connectivity index (χ2n) is 3.31. The number of pyridine rings is 1. The first-order chi connectivity index (χ1) is 7.64. The average molecular weight is 243 g/mol. The van der Waals surface area contributed by atoms with E-state index in [2.05, 4.69) is 15.0 Å². The summed E-state index contributed by atoms with van der Waals surface area (Å²) < 4.78 is 25.0. The van der Waals surface area contributed by atoms with Gasteiger partial charge in [0.05, 0.1) is 11.4 Å². The molecule has 5 nitrogen and oxygen atoms in total. The molecular formula is C10H17N3O2S. The molecule has 0 aliphatic heterocycles. The number of hydrogen-bond donors (Lipinski definition) is 2. The van der Waals surface area contributed by atoms with Gasteiger partial charge in [0.2, 0.25) is 10.0 Å². The Morgan fingerprint density at radius 1 is 1.38 bits per heavy atom. The molecule has 0 spiro atoms. The summed E-state index contributed by atoms with van der Waals surface area (Å²) >= 11 is 0. The molecule has 0 fully saturated rings. The van der Waals surface area contributed by atoms with Crippen LogP contribution in [0.2, 0.25) is 0 Å². The van der Waals surface area contributed by atoms with Gasteiger partial charge in [-0.25, -0.2) is 13.1 Å². The van der Waals surface area contributed by atoms with Gasteiger partial charge in [-0.1, -0.05) is 13.0 Å². The van der Waals surface area contributed by atoms with Crippen molar-refractivity contribution in [3.05, 3.63) is 30.1 Å². The summed E-state index contributed by atoms with van der Waals surface area (Å²) in [6.45, 7) is 3.20. The second kappa shape index (κ2) is 6.57. The Labute approximate surface area is 96.3 Å². The summed E-state index contributed by atoms with van der Waals surface area (Å²) in [5.41, 5.74) is 0.906. The predicted molar refractivity (Wildman–Crippen MR) is 63.4 cm³/mol. The molecule has 2 N–H and O–H groups in total. The second-order valence-corrected chi connectivity index (χ2v) is 5.24. The lowest BCUT2D eigenvalue weighted by atomic mass is 10.3. The van der Waals surface area contributed by atoms with E-state index in [0.717, 1.165) is 5.69 Å². The van der Waals surface area contributed by atoms with Crippen molar-refractivity contribution in [2.75, 3.05) is 18.8 Å². The van der Waals surface area contributed by atoms with E-state index in [1.807, 2.05) is 18.2 Å². The quantitative estimate of drug-likeness (QED) is 0.667. The van der Waals surface area contributed by atoms with Crippen molar-refractivity contribution in [3.8, 4) is 0 Å². The van der Waals surface area contributed by atoms with Crippen LogP contribution in [0.1, 0.15) is 12.6 Å². The Balaban J connectivity index is 2.22. The van der Waals surface area contributed by atoms with Crippen molar-refractivity contribution in [1.82, 2.24) is 15.0 Å². The van der Waals surface area contributed by atoms with Crippen LogP contribution in [0.15, 0.2) is 24.4 Å². The highest BCUT2D eigenvalue weighted by Crippen LogP contribution is 1.91. The third-order valence-electron chi connectivity index (χ3n) is 1.94. The number of nitrogens with zero attached hydrogens (tertiary/aromatic N) is 1. The number of nitrogens with one attached hydrogen (secondary N) is 2. The molecule has 0 radical (unpaired) electrons. The SMILES string of the molecule is CCNS(=O)(=O)CCNCc1ccccn1. The van der Waals surface area contributed by atoms with Gasteiger partial charge in [-0.15, -0.1) is 0 Å². The average Bonchev–Trinajstić information content (AvgIpc) is 2.26. The molecule has 0 saturated carbocycles. The Hall–Kier alpha value is -0.980. The summed E-state index contributed by atoms with van der Waals surface area (Å²) in [4.78, 5) is 4.12. The molecule has 1 rings (SSSR count). The predicted octanol–water partition coefficient (Wildman–Crippen LogP) is 0.110. The largest absolute Gasteiger partial charge is 0.310 e. The van der Waals surface area contributed by atoms with E-state index >= 15 is 0 Å². The summed E-state index contributed by atoms with van der Waals surface area (Å²) in [6, 6.07) is 5.64. The van der Waals surface area contributed by atoms with Crippen LogP contribution in [0.5, 0.6) is 0 Å². The lowest BCUT2D eigenvalue weighted by Gasteiger charge is -2.05. The van der Waals surface area contributed by atoms with Crippen molar-refractivity contribution in [3.63, 3.8) is 0 Å². The van der Waals surface area contributed by atoms with Crippen molar-refractivity contribution >= 4 is 10.0 Å². The van der Waals surface area contributed by atoms with E-state index < -0.39 is 10.0 Å². The van der Waals surface area contributed by atoms with Gasteiger partial charge >= 0.3 is 0 Å².